The minimum Gasteiger partial charge on any atom is -0.508 e. The van der Waals surface area contributed by atoms with Crippen LogP contribution in [0.3, 0.4) is 0 Å². The fourth-order valence-electron chi connectivity index (χ4n) is 1.25. The first kappa shape index (κ1) is 12.6. The monoisotopic (exact) mass is 289 g/mol. The van der Waals surface area contributed by atoms with Gasteiger partial charge in [0.2, 0.25) is 0 Å². The molecule has 0 heterocycles. The lowest BCUT2D eigenvalue weighted by Crippen LogP contribution is -2.19. The summed E-state index contributed by atoms with van der Waals surface area (Å²) in [6.45, 7) is 6.33. The van der Waals surface area contributed by atoms with Gasteiger partial charge in [-0.25, -0.2) is 0 Å². The molecule has 0 radical (unpaired) electrons. The highest BCUT2D eigenvalue weighted by atomic mass is 79.9. The zero-order valence-corrected chi connectivity index (χ0v) is 10.8. The standard InChI is InChI=1S/C11H13BrClNO/c1-7(12)6-14-8(2)10-5-9(13)3-4-11(10)15/h3-5,8,14-15H,1,6H2,2H3. The number of halogens is 2. The maximum Gasteiger partial charge on any atom is 0.120 e. The Hall–Kier alpha value is -0.510. The fraction of sp³-hybridized carbons (Fsp3) is 0.273. The summed E-state index contributed by atoms with van der Waals surface area (Å²) in [4.78, 5) is 0. The second-order valence-corrected chi connectivity index (χ2v) is 4.88. The van der Waals surface area contributed by atoms with Crippen LogP contribution < -0.4 is 5.32 Å². The van der Waals surface area contributed by atoms with E-state index in [1.54, 1.807) is 18.2 Å². The Labute approximate surface area is 103 Å². The third-order valence-electron chi connectivity index (χ3n) is 2.06. The van der Waals surface area contributed by atoms with Gasteiger partial charge in [-0.15, -0.1) is 0 Å². The zero-order chi connectivity index (χ0) is 11.4. The van der Waals surface area contributed by atoms with E-state index in [-0.39, 0.29) is 11.8 Å². The molecule has 1 atom stereocenters. The molecule has 1 aromatic carbocycles. The van der Waals surface area contributed by atoms with Crippen molar-refractivity contribution < 1.29 is 5.11 Å². The van der Waals surface area contributed by atoms with E-state index in [4.69, 9.17) is 11.6 Å². The van der Waals surface area contributed by atoms with Crippen molar-refractivity contribution in [1.29, 1.82) is 0 Å². The molecule has 0 aliphatic carbocycles. The van der Waals surface area contributed by atoms with Crippen LogP contribution in [-0.2, 0) is 0 Å². The molecule has 2 N–H and O–H groups in total. The Kier molecular flexibility index (Phi) is 4.64. The molecule has 4 heteroatoms. The van der Waals surface area contributed by atoms with E-state index < -0.39 is 0 Å². The number of rotatable bonds is 4. The Bertz CT molecular complexity index is 368. The quantitative estimate of drug-likeness (QED) is 0.888. The molecule has 0 aliphatic rings. The van der Waals surface area contributed by atoms with Gasteiger partial charge in [0.05, 0.1) is 0 Å². The first-order valence-corrected chi connectivity index (χ1v) is 5.73. The number of phenols is 1. The van der Waals surface area contributed by atoms with E-state index in [9.17, 15) is 5.11 Å². The average Bonchev–Trinajstić information content (AvgIpc) is 2.18. The van der Waals surface area contributed by atoms with E-state index in [0.717, 1.165) is 10.0 Å². The second kappa shape index (κ2) is 5.54. The Morgan fingerprint density at radius 1 is 1.67 bits per heavy atom. The molecule has 1 aromatic rings. The number of phenolic OH excluding ortho intramolecular Hbond substituents is 1. The lowest BCUT2D eigenvalue weighted by atomic mass is 10.1. The van der Waals surface area contributed by atoms with Crippen molar-refractivity contribution in [2.75, 3.05) is 6.54 Å². The molecule has 82 valence electrons. The molecule has 0 fully saturated rings. The van der Waals surface area contributed by atoms with Gasteiger partial charge < -0.3 is 10.4 Å². The van der Waals surface area contributed by atoms with Crippen LogP contribution in [0.4, 0.5) is 0 Å². The SMILES string of the molecule is C=C(Br)CNC(C)c1cc(Cl)ccc1O. The van der Waals surface area contributed by atoms with Crippen LogP contribution in [-0.4, -0.2) is 11.7 Å². The summed E-state index contributed by atoms with van der Waals surface area (Å²) in [5.74, 6) is 0.250. The number of hydrogen-bond donors (Lipinski definition) is 2. The predicted octanol–water partition coefficient (Wildman–Crippen LogP) is 3.60. The van der Waals surface area contributed by atoms with Crippen molar-refractivity contribution >= 4 is 27.5 Å². The molecule has 0 saturated heterocycles. The smallest absolute Gasteiger partial charge is 0.120 e. The summed E-state index contributed by atoms with van der Waals surface area (Å²) < 4.78 is 0.871. The minimum atomic E-state index is 0.0259. The topological polar surface area (TPSA) is 32.3 Å². The highest BCUT2D eigenvalue weighted by Crippen LogP contribution is 2.27. The summed E-state index contributed by atoms with van der Waals surface area (Å²) in [5.41, 5.74) is 0.788. The van der Waals surface area contributed by atoms with Crippen molar-refractivity contribution in [1.82, 2.24) is 5.32 Å². The van der Waals surface area contributed by atoms with Crippen LogP contribution in [0.1, 0.15) is 18.5 Å². The van der Waals surface area contributed by atoms with E-state index in [1.807, 2.05) is 6.92 Å². The maximum atomic E-state index is 9.64. The highest BCUT2D eigenvalue weighted by molar-refractivity contribution is 9.11. The van der Waals surface area contributed by atoms with Crippen molar-refractivity contribution in [3.8, 4) is 5.75 Å². The molecule has 2 nitrogen and oxygen atoms in total. The molecule has 0 amide bonds. The van der Waals surface area contributed by atoms with Crippen molar-refractivity contribution in [3.05, 3.63) is 39.8 Å². The Balaban J connectivity index is 2.76. The first-order valence-electron chi connectivity index (χ1n) is 4.55. The Morgan fingerprint density at radius 2 is 2.33 bits per heavy atom. The summed E-state index contributed by atoms with van der Waals surface area (Å²) in [5, 5.41) is 13.5. The molecule has 1 rings (SSSR count). The molecule has 0 saturated carbocycles. The van der Waals surface area contributed by atoms with Crippen molar-refractivity contribution in [3.63, 3.8) is 0 Å². The Morgan fingerprint density at radius 3 is 2.93 bits per heavy atom. The largest absolute Gasteiger partial charge is 0.508 e. The van der Waals surface area contributed by atoms with E-state index >= 15 is 0 Å². The van der Waals surface area contributed by atoms with Gasteiger partial charge >= 0.3 is 0 Å². The number of hydrogen-bond acceptors (Lipinski definition) is 2. The molecule has 0 aromatic heterocycles. The summed E-state index contributed by atoms with van der Waals surface area (Å²) in [7, 11) is 0. The summed E-state index contributed by atoms with van der Waals surface area (Å²) in [6, 6.07) is 5.04. The van der Waals surface area contributed by atoms with E-state index in [2.05, 4.69) is 27.8 Å². The van der Waals surface area contributed by atoms with Crippen molar-refractivity contribution in [2.45, 2.75) is 13.0 Å². The minimum absolute atomic E-state index is 0.0259. The number of benzene rings is 1. The maximum absolute atomic E-state index is 9.64. The molecular formula is C11H13BrClNO. The average molecular weight is 291 g/mol. The predicted molar refractivity (Wildman–Crippen MR) is 67.6 cm³/mol. The molecule has 1 unspecified atom stereocenters. The number of aromatic hydroxyl groups is 1. The van der Waals surface area contributed by atoms with Crippen LogP contribution in [0.5, 0.6) is 5.75 Å². The van der Waals surface area contributed by atoms with Gasteiger partial charge in [0, 0.05) is 27.7 Å². The van der Waals surface area contributed by atoms with E-state index in [1.165, 1.54) is 0 Å². The normalized spacial score (nSPS) is 12.5. The fourth-order valence-corrected chi connectivity index (χ4v) is 1.59. The third kappa shape index (κ3) is 3.86. The molecule has 0 spiro atoms. The molecular weight excluding hydrogens is 277 g/mol. The highest BCUT2D eigenvalue weighted by Gasteiger charge is 2.10. The second-order valence-electron chi connectivity index (χ2n) is 3.32. The van der Waals surface area contributed by atoms with Gasteiger partial charge in [-0.2, -0.15) is 0 Å². The lowest BCUT2D eigenvalue weighted by Gasteiger charge is -2.15. The van der Waals surface area contributed by atoms with Crippen LogP contribution in [0, 0.1) is 0 Å². The van der Waals surface area contributed by atoms with Crippen molar-refractivity contribution in [2.24, 2.45) is 0 Å². The van der Waals surface area contributed by atoms with Gasteiger partial charge in [0.15, 0.2) is 0 Å². The third-order valence-corrected chi connectivity index (χ3v) is 2.57. The van der Waals surface area contributed by atoms with Crippen LogP contribution in [0.2, 0.25) is 5.02 Å². The van der Waals surface area contributed by atoms with Gasteiger partial charge in [-0.1, -0.05) is 34.1 Å². The van der Waals surface area contributed by atoms with Gasteiger partial charge in [0.25, 0.3) is 0 Å². The first-order chi connectivity index (χ1) is 7.00. The lowest BCUT2D eigenvalue weighted by molar-refractivity contribution is 0.456. The summed E-state index contributed by atoms with van der Waals surface area (Å²) >= 11 is 9.12. The number of nitrogens with one attached hydrogen (secondary N) is 1. The molecule has 0 bridgehead atoms. The van der Waals surface area contributed by atoms with Gasteiger partial charge in [-0.05, 0) is 25.1 Å². The van der Waals surface area contributed by atoms with Crippen LogP contribution >= 0.6 is 27.5 Å². The molecule has 15 heavy (non-hydrogen) atoms. The van der Waals surface area contributed by atoms with Gasteiger partial charge in [-0.3, -0.25) is 0 Å². The van der Waals surface area contributed by atoms with Crippen LogP contribution in [0.25, 0.3) is 0 Å². The van der Waals surface area contributed by atoms with Gasteiger partial charge in [0.1, 0.15) is 5.75 Å². The summed E-state index contributed by atoms with van der Waals surface area (Å²) in [6.07, 6.45) is 0. The van der Waals surface area contributed by atoms with E-state index in [0.29, 0.717) is 11.6 Å². The molecule has 0 aliphatic heterocycles. The zero-order valence-electron chi connectivity index (χ0n) is 8.43. The van der Waals surface area contributed by atoms with Crippen LogP contribution in [0.15, 0.2) is 29.3 Å².